The topological polar surface area (TPSA) is 55.4 Å². The summed E-state index contributed by atoms with van der Waals surface area (Å²) in [7, 11) is 0. The summed E-state index contributed by atoms with van der Waals surface area (Å²) in [6, 6.07) is 0. The molecule has 0 aliphatic carbocycles. The molecule has 0 saturated carbocycles. The maximum absolute atomic E-state index is 5.70. The summed E-state index contributed by atoms with van der Waals surface area (Å²) in [6.07, 6.45) is 12.0. The van der Waals surface area contributed by atoms with E-state index in [1.54, 1.807) is 0 Å². The minimum Gasteiger partial charge on any atom is -0.381 e. The average Bonchev–Trinajstić information content (AvgIpc) is 2.72. The monoisotopic (exact) mass is 388 g/mol. The summed E-state index contributed by atoms with van der Waals surface area (Å²) in [5, 5.41) is 0. The number of hydrogen-bond donors (Lipinski definition) is 0. The fourth-order valence-corrected chi connectivity index (χ4v) is 3.19. The molecule has 6 nitrogen and oxygen atoms in total. The van der Waals surface area contributed by atoms with Crippen LogP contribution in [0.5, 0.6) is 0 Å². The van der Waals surface area contributed by atoms with Crippen molar-refractivity contribution in [3.8, 4) is 0 Å². The van der Waals surface area contributed by atoms with Crippen molar-refractivity contribution in [3.63, 3.8) is 0 Å². The zero-order valence-corrected chi connectivity index (χ0v) is 17.0. The minimum absolute atomic E-state index is 0.0315. The van der Waals surface area contributed by atoms with Crippen molar-refractivity contribution in [1.29, 1.82) is 0 Å². The predicted octanol–water partition coefficient (Wildman–Crippen LogP) is 4.06. The van der Waals surface area contributed by atoms with Crippen molar-refractivity contribution in [1.82, 2.24) is 0 Å². The molecule has 0 aromatic rings. The zero-order valence-electron chi connectivity index (χ0n) is 17.0. The van der Waals surface area contributed by atoms with Crippen LogP contribution in [-0.2, 0) is 28.4 Å². The van der Waals surface area contributed by atoms with E-state index in [1.807, 2.05) is 0 Å². The molecular weight excluding hydrogens is 348 g/mol. The van der Waals surface area contributed by atoms with Gasteiger partial charge in [-0.25, -0.2) is 0 Å². The Balaban J connectivity index is 1.21. The normalized spacial score (nSPS) is 23.6. The zero-order chi connectivity index (χ0) is 18.8. The van der Waals surface area contributed by atoms with Crippen molar-refractivity contribution in [3.05, 3.63) is 0 Å². The predicted molar refractivity (Wildman–Crippen MR) is 104 cm³/mol. The van der Waals surface area contributed by atoms with E-state index in [-0.39, 0.29) is 12.6 Å². The first kappa shape index (κ1) is 23.0. The van der Waals surface area contributed by atoms with Crippen molar-refractivity contribution < 1.29 is 28.4 Å². The van der Waals surface area contributed by atoms with Gasteiger partial charge in [0.05, 0.1) is 0 Å². The van der Waals surface area contributed by atoms with Crippen LogP contribution in [0.2, 0.25) is 0 Å². The van der Waals surface area contributed by atoms with Crippen LogP contribution in [0.25, 0.3) is 0 Å². The van der Waals surface area contributed by atoms with Crippen molar-refractivity contribution in [2.75, 3.05) is 52.9 Å². The maximum Gasteiger partial charge on any atom is 0.157 e. The summed E-state index contributed by atoms with van der Waals surface area (Å²) < 4.78 is 33.8. The lowest BCUT2D eigenvalue weighted by atomic mass is 10.2. The summed E-state index contributed by atoms with van der Waals surface area (Å²) >= 11 is 0. The Morgan fingerprint density at radius 2 is 0.963 bits per heavy atom. The SMILES string of the molecule is C(CCOC1CCCCO1)COCCCOCCCCOC1CCCCO1. The molecule has 2 unspecified atom stereocenters. The van der Waals surface area contributed by atoms with E-state index in [0.29, 0.717) is 0 Å². The van der Waals surface area contributed by atoms with Gasteiger partial charge in [-0.05, 0) is 70.6 Å². The molecule has 0 radical (unpaired) electrons. The van der Waals surface area contributed by atoms with Crippen LogP contribution in [0, 0.1) is 0 Å². The van der Waals surface area contributed by atoms with Gasteiger partial charge in [0.25, 0.3) is 0 Å². The van der Waals surface area contributed by atoms with E-state index in [2.05, 4.69) is 0 Å². The van der Waals surface area contributed by atoms with Crippen LogP contribution in [0.1, 0.15) is 70.6 Å². The van der Waals surface area contributed by atoms with Gasteiger partial charge >= 0.3 is 0 Å². The third kappa shape index (κ3) is 12.8. The summed E-state index contributed by atoms with van der Waals surface area (Å²) in [5.74, 6) is 0. The molecule has 27 heavy (non-hydrogen) atoms. The largest absolute Gasteiger partial charge is 0.381 e. The van der Waals surface area contributed by atoms with Crippen LogP contribution in [0.4, 0.5) is 0 Å². The van der Waals surface area contributed by atoms with Gasteiger partial charge in [-0.3, -0.25) is 0 Å². The van der Waals surface area contributed by atoms with Crippen LogP contribution in [0.15, 0.2) is 0 Å². The van der Waals surface area contributed by atoms with Crippen molar-refractivity contribution in [2.24, 2.45) is 0 Å². The minimum atomic E-state index is 0.0315. The standard InChI is InChI=1S/C21H40O6/c1-3-16-24-20(10-1)26-18-7-5-12-22-14-9-15-23-13-6-8-19-27-21-11-2-4-17-25-21/h20-21H,1-19H2. The number of rotatable bonds is 16. The van der Waals surface area contributed by atoms with Crippen molar-refractivity contribution in [2.45, 2.75) is 83.2 Å². The molecule has 0 aromatic carbocycles. The maximum atomic E-state index is 5.70. The fourth-order valence-electron chi connectivity index (χ4n) is 3.19. The smallest absolute Gasteiger partial charge is 0.157 e. The van der Waals surface area contributed by atoms with Gasteiger partial charge in [-0.15, -0.1) is 0 Å². The van der Waals surface area contributed by atoms with Gasteiger partial charge in [-0.1, -0.05) is 0 Å². The lowest BCUT2D eigenvalue weighted by Gasteiger charge is -2.22. The Labute approximate surface area is 165 Å². The first-order chi connectivity index (χ1) is 13.4. The van der Waals surface area contributed by atoms with Gasteiger partial charge in [-0.2, -0.15) is 0 Å². The highest BCUT2D eigenvalue weighted by molar-refractivity contribution is 4.55. The van der Waals surface area contributed by atoms with Crippen molar-refractivity contribution >= 4 is 0 Å². The van der Waals surface area contributed by atoms with Crippen LogP contribution in [0.3, 0.4) is 0 Å². The summed E-state index contributed by atoms with van der Waals surface area (Å²) in [5.41, 5.74) is 0. The fraction of sp³-hybridized carbons (Fsp3) is 1.00. The quantitative estimate of drug-likeness (QED) is 0.372. The second-order valence-electron chi connectivity index (χ2n) is 7.33. The third-order valence-electron chi connectivity index (χ3n) is 4.83. The van der Waals surface area contributed by atoms with E-state index in [4.69, 9.17) is 28.4 Å². The summed E-state index contributed by atoms with van der Waals surface area (Å²) in [4.78, 5) is 0. The van der Waals surface area contributed by atoms with E-state index in [0.717, 1.165) is 97.8 Å². The molecule has 0 aromatic heterocycles. The highest BCUT2D eigenvalue weighted by Gasteiger charge is 2.14. The molecule has 6 heteroatoms. The first-order valence-electron chi connectivity index (χ1n) is 11.1. The first-order valence-corrected chi connectivity index (χ1v) is 11.1. The average molecular weight is 389 g/mol. The third-order valence-corrected chi connectivity index (χ3v) is 4.83. The second kappa shape index (κ2) is 16.7. The lowest BCUT2D eigenvalue weighted by molar-refractivity contribution is -0.163. The van der Waals surface area contributed by atoms with Gasteiger partial charge in [0.1, 0.15) is 0 Å². The second-order valence-corrected chi connectivity index (χ2v) is 7.33. The van der Waals surface area contributed by atoms with Gasteiger partial charge in [0.15, 0.2) is 12.6 Å². The van der Waals surface area contributed by atoms with Crippen LogP contribution < -0.4 is 0 Å². The molecular formula is C21H40O6. The Bertz CT molecular complexity index is 286. The molecule has 2 atom stereocenters. The number of ether oxygens (including phenoxy) is 6. The molecule has 0 amide bonds. The van der Waals surface area contributed by atoms with Crippen LogP contribution in [-0.4, -0.2) is 65.4 Å². The molecule has 2 aliphatic rings. The van der Waals surface area contributed by atoms with E-state index < -0.39 is 0 Å². The molecule has 2 saturated heterocycles. The highest BCUT2D eigenvalue weighted by Crippen LogP contribution is 2.14. The van der Waals surface area contributed by atoms with Gasteiger partial charge in [0, 0.05) is 52.9 Å². The Kier molecular flexibility index (Phi) is 14.2. The molecule has 2 fully saturated rings. The summed E-state index contributed by atoms with van der Waals surface area (Å²) in [6.45, 7) is 6.38. The van der Waals surface area contributed by atoms with Crippen LogP contribution >= 0.6 is 0 Å². The molecule has 0 spiro atoms. The molecule has 2 rings (SSSR count). The molecule has 0 N–H and O–H groups in total. The molecule has 2 heterocycles. The number of hydrogen-bond acceptors (Lipinski definition) is 6. The van der Waals surface area contributed by atoms with E-state index in [9.17, 15) is 0 Å². The van der Waals surface area contributed by atoms with E-state index in [1.165, 1.54) is 25.7 Å². The Morgan fingerprint density at radius 3 is 1.41 bits per heavy atom. The van der Waals surface area contributed by atoms with E-state index >= 15 is 0 Å². The van der Waals surface area contributed by atoms with Gasteiger partial charge < -0.3 is 28.4 Å². The number of unbranched alkanes of at least 4 members (excludes halogenated alkanes) is 2. The molecule has 0 bridgehead atoms. The molecule has 2 aliphatic heterocycles. The Hall–Kier alpha value is -0.240. The Morgan fingerprint density at radius 1 is 0.519 bits per heavy atom. The highest BCUT2D eigenvalue weighted by atomic mass is 16.7. The molecule has 160 valence electrons. The lowest BCUT2D eigenvalue weighted by Crippen LogP contribution is -2.22. The van der Waals surface area contributed by atoms with Gasteiger partial charge in [0.2, 0.25) is 0 Å².